The molecule has 0 unspecified atom stereocenters. The van der Waals surface area contributed by atoms with Crippen molar-refractivity contribution in [3.63, 3.8) is 0 Å². The molecular weight excluding hydrogens is 287 g/mol. The van der Waals surface area contributed by atoms with Gasteiger partial charge >= 0.3 is 0 Å². The first-order valence-electron chi connectivity index (χ1n) is 6.59. The van der Waals surface area contributed by atoms with Crippen molar-refractivity contribution >= 4 is 22.6 Å². The van der Waals surface area contributed by atoms with Crippen LogP contribution in [0.15, 0.2) is 40.9 Å². The number of furan rings is 1. The highest BCUT2D eigenvalue weighted by atomic mass is 19.1. The Balaban J connectivity index is 1.91. The van der Waals surface area contributed by atoms with Crippen molar-refractivity contribution in [2.24, 2.45) is 0 Å². The quantitative estimate of drug-likeness (QED) is 0.803. The lowest BCUT2D eigenvalue weighted by Crippen LogP contribution is -2.12. The highest BCUT2D eigenvalue weighted by Crippen LogP contribution is 2.27. The minimum Gasteiger partial charge on any atom is -0.481 e. The standard InChI is InChI=1S/C16H13FN2O3/c1-9-11-4-3-5-12(17)15(11)22-14(9)16(20)19-10-6-7-13(21-2)18-8-10/h3-8H,1-2H3,(H,19,20). The van der Waals surface area contributed by atoms with E-state index in [1.807, 2.05) is 0 Å². The Bertz CT molecular complexity index is 840. The molecule has 2 heterocycles. The van der Waals surface area contributed by atoms with Gasteiger partial charge in [-0.15, -0.1) is 0 Å². The number of pyridine rings is 1. The van der Waals surface area contributed by atoms with E-state index in [1.54, 1.807) is 31.2 Å². The first-order valence-corrected chi connectivity index (χ1v) is 6.59. The van der Waals surface area contributed by atoms with Crippen molar-refractivity contribution < 1.29 is 18.3 Å². The van der Waals surface area contributed by atoms with E-state index in [1.165, 1.54) is 19.4 Å². The van der Waals surface area contributed by atoms with Gasteiger partial charge in [-0.2, -0.15) is 0 Å². The minimum atomic E-state index is -0.495. The van der Waals surface area contributed by atoms with Crippen LogP contribution in [-0.4, -0.2) is 18.0 Å². The van der Waals surface area contributed by atoms with Crippen LogP contribution in [0.4, 0.5) is 10.1 Å². The van der Waals surface area contributed by atoms with Gasteiger partial charge in [-0.25, -0.2) is 9.37 Å². The molecule has 0 saturated heterocycles. The normalized spacial score (nSPS) is 10.7. The van der Waals surface area contributed by atoms with Gasteiger partial charge in [0.25, 0.3) is 5.91 Å². The number of amides is 1. The number of nitrogens with one attached hydrogen (secondary N) is 1. The number of hydrogen-bond donors (Lipinski definition) is 1. The molecule has 0 aliphatic heterocycles. The molecule has 1 aromatic carbocycles. The monoisotopic (exact) mass is 300 g/mol. The highest BCUT2D eigenvalue weighted by Gasteiger charge is 2.19. The van der Waals surface area contributed by atoms with E-state index in [9.17, 15) is 9.18 Å². The summed E-state index contributed by atoms with van der Waals surface area (Å²) in [4.78, 5) is 16.3. The van der Waals surface area contributed by atoms with E-state index in [2.05, 4.69) is 10.3 Å². The van der Waals surface area contributed by atoms with Gasteiger partial charge in [0.15, 0.2) is 17.2 Å². The maximum atomic E-state index is 13.7. The summed E-state index contributed by atoms with van der Waals surface area (Å²) in [6.07, 6.45) is 1.47. The summed E-state index contributed by atoms with van der Waals surface area (Å²) < 4.78 is 24.0. The van der Waals surface area contributed by atoms with Gasteiger partial charge < -0.3 is 14.5 Å². The molecule has 0 fully saturated rings. The van der Waals surface area contributed by atoms with Crippen molar-refractivity contribution in [2.45, 2.75) is 6.92 Å². The first kappa shape index (κ1) is 14.1. The third-order valence-electron chi connectivity index (χ3n) is 3.33. The van der Waals surface area contributed by atoms with E-state index in [4.69, 9.17) is 9.15 Å². The van der Waals surface area contributed by atoms with E-state index < -0.39 is 11.7 Å². The molecule has 1 N–H and O–H groups in total. The van der Waals surface area contributed by atoms with Crippen LogP contribution in [0.1, 0.15) is 16.1 Å². The van der Waals surface area contributed by atoms with Crippen molar-refractivity contribution in [2.75, 3.05) is 12.4 Å². The van der Waals surface area contributed by atoms with Crippen molar-refractivity contribution in [3.8, 4) is 5.88 Å². The van der Waals surface area contributed by atoms with Crippen molar-refractivity contribution in [1.82, 2.24) is 4.98 Å². The maximum Gasteiger partial charge on any atom is 0.291 e. The van der Waals surface area contributed by atoms with Crippen LogP contribution in [0, 0.1) is 12.7 Å². The Labute approximate surface area is 125 Å². The number of aryl methyl sites for hydroxylation is 1. The Morgan fingerprint density at radius 2 is 2.14 bits per heavy atom. The van der Waals surface area contributed by atoms with Gasteiger partial charge in [0.1, 0.15) is 0 Å². The van der Waals surface area contributed by atoms with E-state index in [-0.39, 0.29) is 11.3 Å². The third kappa shape index (κ3) is 2.39. The third-order valence-corrected chi connectivity index (χ3v) is 3.33. The van der Waals surface area contributed by atoms with Crippen LogP contribution in [0.3, 0.4) is 0 Å². The summed E-state index contributed by atoms with van der Waals surface area (Å²) in [6.45, 7) is 1.71. The summed E-state index contributed by atoms with van der Waals surface area (Å²) in [7, 11) is 1.51. The topological polar surface area (TPSA) is 64.4 Å². The number of methoxy groups -OCH3 is 1. The number of anilines is 1. The van der Waals surface area contributed by atoms with Crippen LogP contribution in [0.2, 0.25) is 0 Å². The minimum absolute atomic E-state index is 0.0796. The molecule has 2 aromatic heterocycles. The average molecular weight is 300 g/mol. The molecule has 1 amide bonds. The van der Waals surface area contributed by atoms with E-state index in [0.717, 1.165) is 0 Å². The molecule has 3 aromatic rings. The number of carbonyl (C=O) groups excluding carboxylic acids is 1. The number of rotatable bonds is 3. The van der Waals surface area contributed by atoms with Crippen LogP contribution in [0.25, 0.3) is 11.0 Å². The van der Waals surface area contributed by atoms with Gasteiger partial charge in [0, 0.05) is 17.0 Å². The first-order chi connectivity index (χ1) is 10.6. The molecule has 0 aliphatic rings. The molecular formula is C16H13FN2O3. The number of nitrogens with zero attached hydrogens (tertiary/aromatic N) is 1. The van der Waals surface area contributed by atoms with Crippen LogP contribution in [-0.2, 0) is 0 Å². The fraction of sp³-hybridized carbons (Fsp3) is 0.125. The molecule has 5 nitrogen and oxygen atoms in total. The molecule has 0 bridgehead atoms. The summed E-state index contributed by atoms with van der Waals surface area (Å²) in [5, 5.41) is 3.24. The zero-order valence-electron chi connectivity index (χ0n) is 12.0. The van der Waals surface area contributed by atoms with E-state index in [0.29, 0.717) is 22.5 Å². The SMILES string of the molecule is COc1ccc(NC(=O)c2oc3c(F)cccc3c2C)cn1. The van der Waals surface area contributed by atoms with Crippen LogP contribution in [0.5, 0.6) is 5.88 Å². The lowest BCUT2D eigenvalue weighted by atomic mass is 10.1. The molecule has 112 valence electrons. The Kier molecular flexibility index (Phi) is 3.50. The van der Waals surface area contributed by atoms with Crippen molar-refractivity contribution in [3.05, 3.63) is 53.7 Å². The molecule has 0 saturated carbocycles. The number of aromatic nitrogens is 1. The molecule has 0 radical (unpaired) electrons. The van der Waals surface area contributed by atoms with Gasteiger partial charge in [-0.3, -0.25) is 4.79 Å². The molecule has 3 rings (SSSR count). The van der Waals surface area contributed by atoms with Gasteiger partial charge in [0.05, 0.1) is 19.0 Å². The lowest BCUT2D eigenvalue weighted by Gasteiger charge is -2.04. The Hall–Kier alpha value is -2.89. The molecule has 22 heavy (non-hydrogen) atoms. The van der Waals surface area contributed by atoms with Crippen LogP contribution >= 0.6 is 0 Å². The Morgan fingerprint density at radius 1 is 1.32 bits per heavy atom. The molecule has 6 heteroatoms. The van der Waals surface area contributed by atoms with Gasteiger partial charge in [-0.05, 0) is 19.1 Å². The largest absolute Gasteiger partial charge is 0.481 e. The smallest absolute Gasteiger partial charge is 0.291 e. The molecule has 0 atom stereocenters. The zero-order chi connectivity index (χ0) is 15.7. The number of hydrogen-bond acceptors (Lipinski definition) is 4. The molecule has 0 aliphatic carbocycles. The van der Waals surface area contributed by atoms with Crippen LogP contribution < -0.4 is 10.1 Å². The number of fused-ring (bicyclic) bond motifs is 1. The second-order valence-electron chi connectivity index (χ2n) is 4.72. The highest BCUT2D eigenvalue weighted by molar-refractivity contribution is 6.06. The zero-order valence-corrected chi connectivity index (χ0v) is 12.0. The number of halogens is 1. The average Bonchev–Trinajstić information content (AvgIpc) is 2.87. The summed E-state index contributed by atoms with van der Waals surface area (Å²) >= 11 is 0. The fourth-order valence-corrected chi connectivity index (χ4v) is 2.19. The van der Waals surface area contributed by atoms with Gasteiger partial charge in [-0.1, -0.05) is 12.1 Å². The fourth-order valence-electron chi connectivity index (χ4n) is 2.19. The predicted molar refractivity (Wildman–Crippen MR) is 79.7 cm³/mol. The van der Waals surface area contributed by atoms with Gasteiger partial charge in [0.2, 0.25) is 5.88 Å². The number of para-hydroxylation sites is 1. The summed E-state index contributed by atoms with van der Waals surface area (Å²) in [6, 6.07) is 7.86. The number of carbonyl (C=O) groups is 1. The summed E-state index contributed by atoms with van der Waals surface area (Å²) in [5.41, 5.74) is 1.16. The second-order valence-corrected chi connectivity index (χ2v) is 4.72. The molecule has 0 spiro atoms. The second kappa shape index (κ2) is 5.48. The summed E-state index contributed by atoms with van der Waals surface area (Å²) in [5.74, 6) is -0.429. The number of benzene rings is 1. The predicted octanol–water partition coefficient (Wildman–Crippen LogP) is 3.54. The number of ether oxygens (including phenoxy) is 1. The lowest BCUT2D eigenvalue weighted by molar-refractivity contribution is 0.0997. The Morgan fingerprint density at radius 3 is 2.77 bits per heavy atom. The van der Waals surface area contributed by atoms with E-state index >= 15 is 0 Å². The van der Waals surface area contributed by atoms with Crippen molar-refractivity contribution in [1.29, 1.82) is 0 Å². The maximum absolute atomic E-state index is 13.7.